The molecule has 142 valence electrons. The van der Waals surface area contributed by atoms with Crippen molar-refractivity contribution in [3.63, 3.8) is 0 Å². The van der Waals surface area contributed by atoms with E-state index in [9.17, 15) is 23.2 Å². The minimum absolute atomic E-state index is 0.102. The van der Waals surface area contributed by atoms with Crippen LogP contribution in [-0.2, 0) is 14.3 Å². The molecule has 0 aliphatic heterocycles. The SMILES string of the molecule is C[C@@H](NC(=O)COC(=O)COc1ccccc1C=O)c1ccc(F)cc1F. The van der Waals surface area contributed by atoms with Crippen molar-refractivity contribution in [3.8, 4) is 5.75 Å². The summed E-state index contributed by atoms with van der Waals surface area (Å²) in [6.45, 7) is 0.431. The molecule has 2 rings (SSSR count). The third-order valence-corrected chi connectivity index (χ3v) is 3.56. The first-order valence-corrected chi connectivity index (χ1v) is 7.97. The molecule has 0 spiro atoms. The second-order valence-electron chi connectivity index (χ2n) is 5.56. The molecule has 0 radical (unpaired) electrons. The van der Waals surface area contributed by atoms with Gasteiger partial charge in [-0.15, -0.1) is 0 Å². The number of hydrogen-bond acceptors (Lipinski definition) is 5. The molecule has 0 aromatic heterocycles. The number of amides is 1. The van der Waals surface area contributed by atoms with Gasteiger partial charge in [0.1, 0.15) is 17.4 Å². The normalized spacial score (nSPS) is 11.4. The lowest BCUT2D eigenvalue weighted by Crippen LogP contribution is -2.32. The zero-order valence-corrected chi connectivity index (χ0v) is 14.4. The van der Waals surface area contributed by atoms with E-state index in [2.05, 4.69) is 5.32 Å². The van der Waals surface area contributed by atoms with Crippen molar-refractivity contribution in [2.24, 2.45) is 0 Å². The maximum absolute atomic E-state index is 13.7. The van der Waals surface area contributed by atoms with Crippen molar-refractivity contribution in [1.82, 2.24) is 5.32 Å². The molecule has 0 saturated heterocycles. The summed E-state index contributed by atoms with van der Waals surface area (Å²) in [4.78, 5) is 34.3. The second kappa shape index (κ2) is 9.42. The van der Waals surface area contributed by atoms with Gasteiger partial charge in [0.05, 0.1) is 11.6 Å². The van der Waals surface area contributed by atoms with Gasteiger partial charge in [-0.3, -0.25) is 9.59 Å². The number of benzene rings is 2. The lowest BCUT2D eigenvalue weighted by Gasteiger charge is -2.15. The Balaban J connectivity index is 1.79. The number of ether oxygens (including phenoxy) is 2. The molecule has 6 nitrogen and oxygen atoms in total. The van der Waals surface area contributed by atoms with Gasteiger partial charge in [0.15, 0.2) is 19.5 Å². The summed E-state index contributed by atoms with van der Waals surface area (Å²) in [6.07, 6.45) is 0.587. The topological polar surface area (TPSA) is 81.7 Å². The van der Waals surface area contributed by atoms with Gasteiger partial charge in [-0.1, -0.05) is 18.2 Å². The van der Waals surface area contributed by atoms with Gasteiger partial charge < -0.3 is 14.8 Å². The molecule has 2 aromatic carbocycles. The van der Waals surface area contributed by atoms with E-state index in [-0.39, 0.29) is 16.9 Å². The molecule has 1 atom stereocenters. The molecule has 0 heterocycles. The van der Waals surface area contributed by atoms with Crippen molar-refractivity contribution in [2.45, 2.75) is 13.0 Å². The van der Waals surface area contributed by atoms with Crippen LogP contribution >= 0.6 is 0 Å². The number of halogens is 2. The number of rotatable bonds is 8. The van der Waals surface area contributed by atoms with E-state index in [1.165, 1.54) is 25.1 Å². The average molecular weight is 377 g/mol. The van der Waals surface area contributed by atoms with Crippen LogP contribution in [0.4, 0.5) is 8.78 Å². The summed E-state index contributed by atoms with van der Waals surface area (Å²) >= 11 is 0. The van der Waals surface area contributed by atoms with E-state index in [4.69, 9.17) is 9.47 Å². The Morgan fingerprint density at radius 2 is 1.89 bits per heavy atom. The molecule has 0 saturated carbocycles. The summed E-state index contributed by atoms with van der Waals surface area (Å²) < 4.78 is 36.5. The summed E-state index contributed by atoms with van der Waals surface area (Å²) in [5.74, 6) is -2.77. The Labute approximate surface area is 154 Å². The van der Waals surface area contributed by atoms with E-state index in [1.54, 1.807) is 12.1 Å². The number of esters is 1. The quantitative estimate of drug-likeness (QED) is 0.565. The molecule has 1 amide bonds. The van der Waals surface area contributed by atoms with Crippen LogP contribution in [0.3, 0.4) is 0 Å². The van der Waals surface area contributed by atoms with Crippen LogP contribution in [0.2, 0.25) is 0 Å². The summed E-state index contributed by atoms with van der Waals surface area (Å²) in [7, 11) is 0. The van der Waals surface area contributed by atoms with Crippen LogP contribution in [-0.4, -0.2) is 31.4 Å². The van der Waals surface area contributed by atoms with Crippen LogP contribution in [0.25, 0.3) is 0 Å². The van der Waals surface area contributed by atoms with Crippen molar-refractivity contribution < 1.29 is 32.6 Å². The molecule has 2 aromatic rings. The molecule has 0 bridgehead atoms. The van der Waals surface area contributed by atoms with Crippen LogP contribution < -0.4 is 10.1 Å². The number of aldehydes is 1. The first-order chi connectivity index (χ1) is 12.9. The molecular weight excluding hydrogens is 360 g/mol. The monoisotopic (exact) mass is 377 g/mol. The van der Waals surface area contributed by atoms with Crippen LogP contribution in [0.5, 0.6) is 5.75 Å². The highest BCUT2D eigenvalue weighted by molar-refractivity contribution is 5.82. The van der Waals surface area contributed by atoms with Crippen molar-refractivity contribution in [1.29, 1.82) is 0 Å². The van der Waals surface area contributed by atoms with Crippen LogP contribution in [0, 0.1) is 11.6 Å². The fourth-order valence-corrected chi connectivity index (χ4v) is 2.25. The third-order valence-electron chi connectivity index (χ3n) is 3.56. The highest BCUT2D eigenvalue weighted by Crippen LogP contribution is 2.18. The Bertz CT molecular complexity index is 841. The highest BCUT2D eigenvalue weighted by atomic mass is 19.1. The Morgan fingerprint density at radius 1 is 1.15 bits per heavy atom. The Hall–Kier alpha value is -3.29. The van der Waals surface area contributed by atoms with E-state index in [0.717, 1.165) is 6.07 Å². The van der Waals surface area contributed by atoms with Gasteiger partial charge in [0.2, 0.25) is 0 Å². The van der Waals surface area contributed by atoms with Crippen molar-refractivity contribution in [3.05, 3.63) is 65.2 Å². The van der Waals surface area contributed by atoms with Crippen LogP contribution in [0.1, 0.15) is 28.9 Å². The first-order valence-electron chi connectivity index (χ1n) is 7.97. The van der Waals surface area contributed by atoms with E-state index in [1.807, 2.05) is 0 Å². The van der Waals surface area contributed by atoms with Crippen LogP contribution in [0.15, 0.2) is 42.5 Å². The van der Waals surface area contributed by atoms with Gasteiger partial charge in [-0.25, -0.2) is 13.6 Å². The number of carbonyl (C=O) groups is 3. The molecule has 27 heavy (non-hydrogen) atoms. The van der Waals surface area contributed by atoms with Crippen molar-refractivity contribution in [2.75, 3.05) is 13.2 Å². The predicted molar refractivity (Wildman–Crippen MR) is 91.2 cm³/mol. The van der Waals surface area contributed by atoms with Gasteiger partial charge >= 0.3 is 5.97 Å². The number of carbonyl (C=O) groups excluding carboxylic acids is 3. The Kier molecular flexibility index (Phi) is 6.99. The molecule has 1 N–H and O–H groups in total. The fraction of sp³-hybridized carbons (Fsp3) is 0.211. The molecule has 0 unspecified atom stereocenters. The maximum Gasteiger partial charge on any atom is 0.344 e. The minimum Gasteiger partial charge on any atom is -0.481 e. The number of para-hydroxylation sites is 1. The van der Waals surface area contributed by atoms with Gasteiger partial charge in [-0.05, 0) is 25.1 Å². The largest absolute Gasteiger partial charge is 0.481 e. The summed E-state index contributed by atoms with van der Waals surface area (Å²) in [5, 5.41) is 2.44. The molecule has 0 aliphatic carbocycles. The summed E-state index contributed by atoms with van der Waals surface area (Å²) in [5.41, 5.74) is 0.378. The van der Waals surface area contributed by atoms with E-state index in [0.29, 0.717) is 12.4 Å². The fourth-order valence-electron chi connectivity index (χ4n) is 2.25. The lowest BCUT2D eigenvalue weighted by molar-refractivity contribution is -0.150. The number of nitrogens with one attached hydrogen (secondary N) is 1. The first kappa shape index (κ1) is 20.0. The molecule has 0 aliphatic rings. The van der Waals surface area contributed by atoms with Gasteiger partial charge in [0, 0.05) is 11.6 Å². The minimum atomic E-state index is -0.813. The smallest absolute Gasteiger partial charge is 0.344 e. The zero-order chi connectivity index (χ0) is 19.8. The van der Waals surface area contributed by atoms with E-state index >= 15 is 0 Å². The zero-order valence-electron chi connectivity index (χ0n) is 14.4. The molecule has 8 heteroatoms. The summed E-state index contributed by atoms with van der Waals surface area (Å²) in [6, 6.07) is 8.59. The average Bonchev–Trinajstić information content (AvgIpc) is 2.64. The van der Waals surface area contributed by atoms with Gasteiger partial charge in [0.25, 0.3) is 5.91 Å². The van der Waals surface area contributed by atoms with E-state index < -0.39 is 42.8 Å². The van der Waals surface area contributed by atoms with Crippen molar-refractivity contribution >= 4 is 18.2 Å². The highest BCUT2D eigenvalue weighted by Gasteiger charge is 2.16. The Morgan fingerprint density at radius 3 is 2.59 bits per heavy atom. The lowest BCUT2D eigenvalue weighted by atomic mass is 10.1. The standard InChI is InChI=1S/C19H17F2NO5/c1-12(15-7-6-14(20)8-16(15)21)22-18(24)10-27-19(25)11-26-17-5-3-2-4-13(17)9-23/h2-9,12H,10-11H2,1H3,(H,22,24)/t12-/m1/s1. The maximum atomic E-state index is 13.7. The predicted octanol–water partition coefficient (Wildman–Crippen LogP) is 2.58. The third kappa shape index (κ3) is 5.88. The second-order valence-corrected chi connectivity index (χ2v) is 5.56. The molecular formula is C19H17F2NO5. The molecule has 0 fully saturated rings. The number of hydrogen-bond donors (Lipinski definition) is 1. The van der Waals surface area contributed by atoms with Gasteiger partial charge in [-0.2, -0.15) is 0 Å².